The van der Waals surface area contributed by atoms with Crippen LogP contribution in [-0.4, -0.2) is 24.0 Å². The first kappa shape index (κ1) is 12.7. The Morgan fingerprint density at radius 3 is 2.44 bits per heavy atom. The molecule has 0 aliphatic carbocycles. The summed E-state index contributed by atoms with van der Waals surface area (Å²) in [4.78, 5) is 13.9. The lowest BCUT2D eigenvalue weighted by Gasteiger charge is -2.27. The number of nitrogens with zero attached hydrogens (tertiary/aromatic N) is 1. The van der Waals surface area contributed by atoms with Crippen molar-refractivity contribution in [3.63, 3.8) is 0 Å². The summed E-state index contributed by atoms with van der Waals surface area (Å²) in [6.07, 6.45) is 3.40. The Morgan fingerprint density at radius 2 is 1.78 bits per heavy atom. The van der Waals surface area contributed by atoms with Crippen LogP contribution >= 0.6 is 0 Å². The first-order valence-corrected chi connectivity index (χ1v) is 6.50. The second-order valence-electron chi connectivity index (χ2n) is 5.00. The zero-order valence-corrected chi connectivity index (χ0v) is 11.1. The van der Waals surface area contributed by atoms with Gasteiger partial charge in [0, 0.05) is 13.1 Å². The number of carbonyl (C=O) groups is 1. The van der Waals surface area contributed by atoms with E-state index >= 15 is 0 Å². The molecule has 1 fully saturated rings. The Kier molecular flexibility index (Phi) is 3.75. The molecule has 0 saturated carbocycles. The summed E-state index contributed by atoms with van der Waals surface area (Å²) in [5.41, 5.74) is 9.56. The number of nitrogens with one attached hydrogen (secondary N) is 1. The molecule has 1 aromatic carbocycles. The molecule has 2 rings (SSSR count). The standard InChI is InChI=1S/C14H21N3O/c1-10-8-12(15)13(9-11(10)2)16-14(18)17-6-4-3-5-7-17/h8-9H,3-7,15H2,1-2H3,(H,16,18). The molecule has 4 heteroatoms. The quantitative estimate of drug-likeness (QED) is 0.750. The Balaban J connectivity index is 2.08. The summed E-state index contributed by atoms with van der Waals surface area (Å²) < 4.78 is 0. The topological polar surface area (TPSA) is 58.4 Å². The van der Waals surface area contributed by atoms with E-state index in [0.717, 1.165) is 37.1 Å². The second kappa shape index (κ2) is 5.29. The molecule has 0 radical (unpaired) electrons. The summed E-state index contributed by atoms with van der Waals surface area (Å²) in [5.74, 6) is 0. The van der Waals surface area contributed by atoms with Crippen molar-refractivity contribution in [2.24, 2.45) is 0 Å². The van der Waals surface area contributed by atoms with Crippen LogP contribution in [0.4, 0.5) is 16.2 Å². The van der Waals surface area contributed by atoms with Gasteiger partial charge in [-0.1, -0.05) is 0 Å². The van der Waals surface area contributed by atoms with Crippen molar-refractivity contribution in [1.82, 2.24) is 4.90 Å². The number of benzene rings is 1. The van der Waals surface area contributed by atoms with Crippen LogP contribution in [0.1, 0.15) is 30.4 Å². The third kappa shape index (κ3) is 2.75. The van der Waals surface area contributed by atoms with Crippen LogP contribution in [0, 0.1) is 13.8 Å². The SMILES string of the molecule is Cc1cc(N)c(NC(=O)N2CCCCC2)cc1C. The molecule has 1 heterocycles. The number of likely N-dealkylation sites (tertiary alicyclic amines) is 1. The number of piperidine rings is 1. The Labute approximate surface area is 108 Å². The maximum Gasteiger partial charge on any atom is 0.321 e. The number of aryl methyl sites for hydroxylation is 2. The van der Waals surface area contributed by atoms with E-state index in [9.17, 15) is 4.79 Å². The summed E-state index contributed by atoms with van der Waals surface area (Å²) in [6, 6.07) is 3.80. The number of anilines is 2. The maximum atomic E-state index is 12.1. The minimum Gasteiger partial charge on any atom is -0.397 e. The predicted molar refractivity (Wildman–Crippen MR) is 74.8 cm³/mol. The van der Waals surface area contributed by atoms with Crippen molar-refractivity contribution < 1.29 is 4.79 Å². The number of nitrogens with two attached hydrogens (primary N) is 1. The van der Waals surface area contributed by atoms with Crippen molar-refractivity contribution in [3.8, 4) is 0 Å². The smallest absolute Gasteiger partial charge is 0.321 e. The van der Waals surface area contributed by atoms with Crippen LogP contribution in [0.5, 0.6) is 0 Å². The molecule has 0 bridgehead atoms. The lowest BCUT2D eigenvalue weighted by molar-refractivity contribution is 0.200. The van der Waals surface area contributed by atoms with Gasteiger partial charge in [-0.05, 0) is 56.4 Å². The molecule has 0 spiro atoms. The van der Waals surface area contributed by atoms with Crippen molar-refractivity contribution in [1.29, 1.82) is 0 Å². The zero-order chi connectivity index (χ0) is 13.1. The highest BCUT2D eigenvalue weighted by Gasteiger charge is 2.17. The average molecular weight is 247 g/mol. The molecule has 1 aromatic rings. The van der Waals surface area contributed by atoms with Gasteiger partial charge in [0.2, 0.25) is 0 Å². The van der Waals surface area contributed by atoms with Gasteiger partial charge in [-0.15, -0.1) is 0 Å². The van der Waals surface area contributed by atoms with Gasteiger partial charge in [0.05, 0.1) is 11.4 Å². The highest BCUT2D eigenvalue weighted by molar-refractivity contribution is 5.93. The fourth-order valence-corrected chi connectivity index (χ4v) is 2.24. The third-order valence-electron chi connectivity index (χ3n) is 3.55. The highest BCUT2D eigenvalue weighted by Crippen LogP contribution is 2.23. The molecule has 98 valence electrons. The fraction of sp³-hybridized carbons (Fsp3) is 0.500. The molecular weight excluding hydrogens is 226 g/mol. The number of urea groups is 1. The van der Waals surface area contributed by atoms with Crippen molar-refractivity contribution in [3.05, 3.63) is 23.3 Å². The molecule has 0 atom stereocenters. The fourth-order valence-electron chi connectivity index (χ4n) is 2.24. The van der Waals surface area contributed by atoms with E-state index in [2.05, 4.69) is 5.32 Å². The van der Waals surface area contributed by atoms with E-state index in [-0.39, 0.29) is 6.03 Å². The molecule has 4 nitrogen and oxygen atoms in total. The van der Waals surface area contributed by atoms with E-state index in [1.807, 2.05) is 30.9 Å². The monoisotopic (exact) mass is 247 g/mol. The third-order valence-corrected chi connectivity index (χ3v) is 3.55. The molecule has 0 aromatic heterocycles. The van der Waals surface area contributed by atoms with Gasteiger partial charge < -0.3 is 16.0 Å². The number of amides is 2. The largest absolute Gasteiger partial charge is 0.397 e. The zero-order valence-electron chi connectivity index (χ0n) is 11.1. The predicted octanol–water partition coefficient (Wildman–Crippen LogP) is 2.90. The Morgan fingerprint density at radius 1 is 1.17 bits per heavy atom. The molecular formula is C14H21N3O. The molecule has 1 aliphatic heterocycles. The van der Waals surface area contributed by atoms with Gasteiger partial charge in [0.25, 0.3) is 0 Å². The Hall–Kier alpha value is -1.71. The minimum atomic E-state index is -0.0374. The van der Waals surface area contributed by atoms with Crippen molar-refractivity contribution in [2.45, 2.75) is 33.1 Å². The molecule has 0 unspecified atom stereocenters. The maximum absolute atomic E-state index is 12.1. The summed E-state index contributed by atoms with van der Waals surface area (Å²) >= 11 is 0. The van der Waals surface area contributed by atoms with Crippen LogP contribution in [0.3, 0.4) is 0 Å². The van der Waals surface area contributed by atoms with Crippen molar-refractivity contribution in [2.75, 3.05) is 24.1 Å². The number of carbonyl (C=O) groups excluding carboxylic acids is 1. The van der Waals surface area contributed by atoms with E-state index in [1.54, 1.807) is 0 Å². The van der Waals surface area contributed by atoms with E-state index in [1.165, 1.54) is 6.42 Å². The Bertz CT molecular complexity index is 451. The lowest BCUT2D eigenvalue weighted by Crippen LogP contribution is -2.38. The van der Waals surface area contributed by atoms with E-state index < -0.39 is 0 Å². The van der Waals surface area contributed by atoms with Gasteiger partial charge in [-0.3, -0.25) is 0 Å². The number of rotatable bonds is 1. The van der Waals surface area contributed by atoms with Crippen LogP contribution in [0.15, 0.2) is 12.1 Å². The normalized spacial score (nSPS) is 15.6. The molecule has 1 aliphatic rings. The van der Waals surface area contributed by atoms with Gasteiger partial charge >= 0.3 is 6.03 Å². The van der Waals surface area contributed by atoms with Crippen molar-refractivity contribution >= 4 is 17.4 Å². The second-order valence-corrected chi connectivity index (χ2v) is 5.00. The minimum absolute atomic E-state index is 0.0374. The van der Waals surface area contributed by atoms with Crippen LogP contribution in [0.25, 0.3) is 0 Å². The van der Waals surface area contributed by atoms with Gasteiger partial charge in [0.15, 0.2) is 0 Å². The van der Waals surface area contributed by atoms with Gasteiger partial charge in [-0.25, -0.2) is 4.79 Å². The van der Waals surface area contributed by atoms with Crippen LogP contribution < -0.4 is 11.1 Å². The number of hydrogen-bond donors (Lipinski definition) is 2. The summed E-state index contributed by atoms with van der Waals surface area (Å²) in [6.45, 7) is 5.72. The van der Waals surface area contributed by atoms with Gasteiger partial charge in [-0.2, -0.15) is 0 Å². The first-order chi connectivity index (χ1) is 8.58. The molecule has 18 heavy (non-hydrogen) atoms. The first-order valence-electron chi connectivity index (χ1n) is 6.50. The highest BCUT2D eigenvalue weighted by atomic mass is 16.2. The number of hydrogen-bond acceptors (Lipinski definition) is 2. The van der Waals surface area contributed by atoms with E-state index in [4.69, 9.17) is 5.73 Å². The van der Waals surface area contributed by atoms with Crippen LogP contribution in [0.2, 0.25) is 0 Å². The summed E-state index contributed by atoms with van der Waals surface area (Å²) in [7, 11) is 0. The number of nitrogen functional groups attached to an aromatic ring is 1. The molecule has 1 saturated heterocycles. The lowest BCUT2D eigenvalue weighted by atomic mass is 10.1. The molecule has 2 amide bonds. The molecule has 3 N–H and O–H groups in total. The summed E-state index contributed by atoms with van der Waals surface area (Å²) in [5, 5.41) is 2.91. The van der Waals surface area contributed by atoms with E-state index in [0.29, 0.717) is 11.4 Å². The van der Waals surface area contributed by atoms with Gasteiger partial charge in [0.1, 0.15) is 0 Å². The van der Waals surface area contributed by atoms with Crippen LogP contribution in [-0.2, 0) is 0 Å². The average Bonchev–Trinajstić information content (AvgIpc) is 2.37.